The second-order valence-electron chi connectivity index (χ2n) is 7.05. The summed E-state index contributed by atoms with van der Waals surface area (Å²) in [4.78, 5) is 32.0. The van der Waals surface area contributed by atoms with E-state index in [0.717, 1.165) is 28.8 Å². The Hall–Kier alpha value is -3.27. The van der Waals surface area contributed by atoms with Crippen LogP contribution in [0.15, 0.2) is 46.6 Å². The summed E-state index contributed by atoms with van der Waals surface area (Å²) < 4.78 is 1.82. The smallest absolute Gasteiger partial charge is 0.326 e. The maximum Gasteiger partial charge on any atom is 0.326 e. The van der Waals surface area contributed by atoms with Crippen molar-refractivity contribution in [1.29, 1.82) is 0 Å². The monoisotopic (exact) mass is 409 g/mol. The molecule has 1 saturated heterocycles. The first-order chi connectivity index (χ1) is 14.2. The molecule has 0 radical (unpaired) electrons. The number of hydrogen-bond acceptors (Lipinski definition) is 6. The molecule has 4 heterocycles. The highest BCUT2D eigenvalue weighted by molar-refractivity contribution is 7.13. The van der Waals surface area contributed by atoms with Gasteiger partial charge in [-0.25, -0.2) is 4.79 Å². The van der Waals surface area contributed by atoms with Gasteiger partial charge < -0.3 is 9.88 Å². The van der Waals surface area contributed by atoms with Crippen molar-refractivity contribution in [2.24, 2.45) is 0 Å². The molecule has 0 bridgehead atoms. The third kappa shape index (κ3) is 3.35. The molecule has 5 rings (SSSR count). The van der Waals surface area contributed by atoms with Crippen LogP contribution >= 0.6 is 11.3 Å². The van der Waals surface area contributed by atoms with E-state index in [2.05, 4.69) is 20.4 Å². The van der Waals surface area contributed by atoms with Crippen molar-refractivity contribution in [3.05, 3.63) is 52.3 Å². The van der Waals surface area contributed by atoms with Gasteiger partial charge in [0.2, 0.25) is 11.7 Å². The maximum atomic E-state index is 12.7. The number of benzene rings is 1. The van der Waals surface area contributed by atoms with E-state index in [9.17, 15) is 9.59 Å². The van der Waals surface area contributed by atoms with Gasteiger partial charge in [-0.1, -0.05) is 18.2 Å². The first-order valence-corrected chi connectivity index (χ1v) is 10.4. The second-order valence-corrected chi connectivity index (χ2v) is 8.00. The summed E-state index contributed by atoms with van der Waals surface area (Å²) in [5.41, 5.74) is 1.66. The van der Waals surface area contributed by atoms with E-state index >= 15 is 0 Å². The van der Waals surface area contributed by atoms with Crippen LogP contribution in [0.25, 0.3) is 21.7 Å². The lowest BCUT2D eigenvalue weighted by Gasteiger charge is -2.32. The summed E-state index contributed by atoms with van der Waals surface area (Å²) >= 11 is 1.53. The molecule has 0 saturated carbocycles. The van der Waals surface area contributed by atoms with Crippen molar-refractivity contribution in [1.82, 2.24) is 34.7 Å². The number of H-pyrrole nitrogens is 1. The van der Waals surface area contributed by atoms with Crippen molar-refractivity contribution in [2.45, 2.75) is 25.4 Å². The van der Waals surface area contributed by atoms with Gasteiger partial charge in [-0.3, -0.25) is 9.36 Å². The molecule has 1 N–H and O–H groups in total. The Kier molecular flexibility index (Phi) is 4.47. The van der Waals surface area contributed by atoms with E-state index in [1.807, 2.05) is 51.2 Å². The number of likely N-dealkylation sites (tertiary alicyclic amines) is 1. The Morgan fingerprint density at radius 1 is 1.17 bits per heavy atom. The van der Waals surface area contributed by atoms with E-state index in [0.29, 0.717) is 18.9 Å². The van der Waals surface area contributed by atoms with Gasteiger partial charge in [-0.15, -0.1) is 21.5 Å². The van der Waals surface area contributed by atoms with Gasteiger partial charge in [0.15, 0.2) is 0 Å². The van der Waals surface area contributed by atoms with E-state index in [-0.39, 0.29) is 24.2 Å². The van der Waals surface area contributed by atoms with Gasteiger partial charge in [-0.2, -0.15) is 4.80 Å². The molecule has 1 aromatic carbocycles. The Labute approximate surface area is 169 Å². The number of carbonyl (C=O) groups excluding carboxylic acids is 1. The average molecular weight is 409 g/mol. The van der Waals surface area contributed by atoms with Gasteiger partial charge in [0.25, 0.3) is 0 Å². The highest BCUT2D eigenvalue weighted by Gasteiger charge is 2.26. The van der Waals surface area contributed by atoms with Crippen LogP contribution < -0.4 is 5.69 Å². The number of hydrogen-bond donors (Lipinski definition) is 1. The number of piperidine rings is 1. The number of rotatable bonds is 4. The fraction of sp³-hybridized carbons (Fsp3) is 0.316. The molecule has 10 heteroatoms. The number of tetrazole rings is 1. The number of aromatic nitrogens is 6. The quantitative estimate of drug-likeness (QED) is 0.555. The zero-order valence-electron chi connectivity index (χ0n) is 15.6. The van der Waals surface area contributed by atoms with E-state index in [4.69, 9.17) is 0 Å². The van der Waals surface area contributed by atoms with Crippen LogP contribution in [0.1, 0.15) is 18.9 Å². The molecule has 9 nitrogen and oxygen atoms in total. The molecular weight excluding hydrogens is 390 g/mol. The number of aromatic amines is 1. The van der Waals surface area contributed by atoms with E-state index < -0.39 is 0 Å². The van der Waals surface area contributed by atoms with Crippen molar-refractivity contribution in [3.8, 4) is 10.7 Å². The minimum absolute atomic E-state index is 0.0372. The SMILES string of the molecule is O=C(Cn1nnc(-c2cccs2)n1)N1CCC(n2c(=O)[nH]c3ccccc32)CC1. The third-order valence-corrected chi connectivity index (χ3v) is 6.14. The summed E-state index contributed by atoms with van der Waals surface area (Å²) in [6.07, 6.45) is 1.47. The first-order valence-electron chi connectivity index (χ1n) is 9.48. The number of amides is 1. The number of nitrogens with one attached hydrogen (secondary N) is 1. The first kappa shape index (κ1) is 17.8. The van der Waals surface area contributed by atoms with Gasteiger partial charge in [-0.05, 0) is 41.6 Å². The van der Waals surface area contributed by atoms with Crippen LogP contribution in [-0.2, 0) is 11.3 Å². The summed E-state index contributed by atoms with van der Waals surface area (Å²) in [7, 11) is 0. The molecule has 1 aliphatic heterocycles. The molecule has 0 atom stereocenters. The number of para-hydroxylation sites is 2. The van der Waals surface area contributed by atoms with Crippen molar-refractivity contribution in [2.75, 3.05) is 13.1 Å². The molecular formula is C19H19N7O2S. The standard InChI is InChI=1S/C19H19N7O2S/c27-17(12-25-22-18(21-23-25)16-6-3-11-29-16)24-9-7-13(8-10-24)26-15-5-2-1-4-14(15)20-19(26)28/h1-6,11,13H,7-10,12H2,(H,20,28). The normalized spacial score (nSPS) is 15.2. The van der Waals surface area contributed by atoms with Crippen molar-refractivity contribution >= 4 is 28.3 Å². The molecule has 148 valence electrons. The lowest BCUT2D eigenvalue weighted by atomic mass is 10.0. The summed E-state index contributed by atoms with van der Waals surface area (Å²) in [6, 6.07) is 11.6. The molecule has 29 heavy (non-hydrogen) atoms. The zero-order valence-corrected chi connectivity index (χ0v) is 16.4. The van der Waals surface area contributed by atoms with Crippen LogP contribution in [0.2, 0.25) is 0 Å². The minimum atomic E-state index is -0.0936. The molecule has 3 aromatic heterocycles. The Morgan fingerprint density at radius 3 is 2.79 bits per heavy atom. The predicted octanol–water partition coefficient (Wildman–Crippen LogP) is 1.91. The predicted molar refractivity (Wildman–Crippen MR) is 109 cm³/mol. The summed E-state index contributed by atoms with van der Waals surface area (Å²) in [5.74, 6) is 0.495. The largest absolute Gasteiger partial charge is 0.341 e. The number of nitrogens with zero attached hydrogens (tertiary/aromatic N) is 6. The van der Waals surface area contributed by atoms with Gasteiger partial charge in [0, 0.05) is 19.1 Å². The number of carbonyl (C=O) groups is 1. The van der Waals surface area contributed by atoms with Crippen molar-refractivity contribution < 1.29 is 4.79 Å². The fourth-order valence-corrected chi connectivity index (χ4v) is 4.49. The fourth-order valence-electron chi connectivity index (χ4n) is 3.85. The van der Waals surface area contributed by atoms with Crippen LogP contribution in [0, 0.1) is 0 Å². The molecule has 0 spiro atoms. The highest BCUT2D eigenvalue weighted by Crippen LogP contribution is 2.25. The lowest BCUT2D eigenvalue weighted by Crippen LogP contribution is -2.42. The molecule has 1 amide bonds. The van der Waals surface area contributed by atoms with E-state index in [1.54, 1.807) is 0 Å². The van der Waals surface area contributed by atoms with Crippen LogP contribution in [-0.4, -0.2) is 53.7 Å². The van der Waals surface area contributed by atoms with Gasteiger partial charge in [0.1, 0.15) is 6.54 Å². The molecule has 1 fully saturated rings. The highest BCUT2D eigenvalue weighted by atomic mass is 32.1. The van der Waals surface area contributed by atoms with Gasteiger partial charge in [0.05, 0.1) is 15.9 Å². The van der Waals surface area contributed by atoms with Crippen LogP contribution in [0.3, 0.4) is 0 Å². The average Bonchev–Trinajstić information content (AvgIpc) is 3.47. The number of thiophene rings is 1. The maximum absolute atomic E-state index is 12.7. The minimum Gasteiger partial charge on any atom is -0.341 e. The van der Waals surface area contributed by atoms with Crippen LogP contribution in [0.5, 0.6) is 0 Å². The lowest BCUT2D eigenvalue weighted by molar-refractivity contribution is -0.133. The molecule has 4 aromatic rings. The number of imidazole rings is 1. The van der Waals surface area contributed by atoms with Gasteiger partial charge >= 0.3 is 5.69 Å². The Bertz CT molecular complexity index is 1200. The van der Waals surface area contributed by atoms with E-state index in [1.165, 1.54) is 16.1 Å². The zero-order chi connectivity index (χ0) is 19.8. The molecule has 0 aliphatic carbocycles. The molecule has 1 aliphatic rings. The topological polar surface area (TPSA) is 102 Å². The number of fused-ring (bicyclic) bond motifs is 1. The van der Waals surface area contributed by atoms with Crippen LogP contribution in [0.4, 0.5) is 0 Å². The second kappa shape index (κ2) is 7.28. The molecule has 0 unspecified atom stereocenters. The Balaban J connectivity index is 1.24. The summed E-state index contributed by atoms with van der Waals surface area (Å²) in [5, 5.41) is 14.3. The summed E-state index contributed by atoms with van der Waals surface area (Å²) in [6.45, 7) is 1.26. The van der Waals surface area contributed by atoms with Crippen molar-refractivity contribution in [3.63, 3.8) is 0 Å². The third-order valence-electron chi connectivity index (χ3n) is 5.28. The Morgan fingerprint density at radius 2 is 2.00 bits per heavy atom.